The van der Waals surface area contributed by atoms with Crippen molar-refractivity contribution >= 4 is 0 Å². The standard InChI is InChI=1S/C26H25NO6/c1-28-19-10-17-12-27(9-8-16-6-4-3-5-7-16)13-18-11-20(29-2)24-26(33-15-31-24)22(18)21(17)25-23(19)30-14-32-25/h3-7,10-11H,8-9,12-15H2,1-2H3. The zero-order chi connectivity index (χ0) is 22.4. The molecule has 7 nitrogen and oxygen atoms in total. The predicted molar refractivity (Wildman–Crippen MR) is 121 cm³/mol. The van der Waals surface area contributed by atoms with E-state index in [2.05, 4.69) is 41.3 Å². The maximum Gasteiger partial charge on any atom is 0.231 e. The minimum atomic E-state index is 0.158. The number of methoxy groups -OCH3 is 2. The molecule has 6 rings (SSSR count). The van der Waals surface area contributed by atoms with E-state index in [9.17, 15) is 0 Å². The second-order valence-electron chi connectivity index (χ2n) is 8.30. The molecule has 0 aromatic heterocycles. The Balaban J connectivity index is 1.51. The van der Waals surface area contributed by atoms with E-state index in [-0.39, 0.29) is 13.6 Å². The molecule has 0 saturated heterocycles. The Labute approximate surface area is 192 Å². The van der Waals surface area contributed by atoms with Gasteiger partial charge in [0, 0.05) is 30.8 Å². The van der Waals surface area contributed by atoms with Crippen LogP contribution >= 0.6 is 0 Å². The first kappa shape index (κ1) is 20.1. The molecule has 0 fully saturated rings. The van der Waals surface area contributed by atoms with E-state index in [4.69, 9.17) is 28.4 Å². The van der Waals surface area contributed by atoms with Crippen LogP contribution < -0.4 is 28.4 Å². The van der Waals surface area contributed by atoms with Crippen LogP contribution in [-0.4, -0.2) is 39.3 Å². The summed E-state index contributed by atoms with van der Waals surface area (Å²) in [7, 11) is 3.31. The lowest BCUT2D eigenvalue weighted by Gasteiger charge is -2.21. The third kappa shape index (κ3) is 3.31. The van der Waals surface area contributed by atoms with Crippen molar-refractivity contribution in [1.29, 1.82) is 0 Å². The first-order valence-corrected chi connectivity index (χ1v) is 11.0. The van der Waals surface area contributed by atoms with Gasteiger partial charge in [0.2, 0.25) is 25.1 Å². The molecule has 0 spiro atoms. The quantitative estimate of drug-likeness (QED) is 0.575. The predicted octanol–water partition coefficient (Wildman–Crippen LogP) is 4.39. The molecule has 0 amide bonds. The van der Waals surface area contributed by atoms with Gasteiger partial charge in [0.15, 0.2) is 23.0 Å². The smallest absolute Gasteiger partial charge is 0.231 e. The topological polar surface area (TPSA) is 58.6 Å². The molecular formula is C26H25NO6. The van der Waals surface area contributed by atoms with E-state index >= 15 is 0 Å². The number of ether oxygens (including phenoxy) is 6. The molecule has 3 aromatic carbocycles. The van der Waals surface area contributed by atoms with E-state index in [0.29, 0.717) is 34.5 Å². The fourth-order valence-corrected chi connectivity index (χ4v) is 4.91. The number of nitrogens with zero attached hydrogens (tertiary/aromatic N) is 1. The molecule has 0 bridgehead atoms. The summed E-state index contributed by atoms with van der Waals surface area (Å²) in [5, 5.41) is 0. The molecular weight excluding hydrogens is 422 g/mol. The van der Waals surface area contributed by atoms with Crippen molar-refractivity contribution in [3.63, 3.8) is 0 Å². The lowest BCUT2D eigenvalue weighted by atomic mass is 9.93. The largest absolute Gasteiger partial charge is 0.493 e. The molecule has 0 atom stereocenters. The highest BCUT2D eigenvalue weighted by molar-refractivity contribution is 5.89. The summed E-state index contributed by atoms with van der Waals surface area (Å²) in [4.78, 5) is 2.43. The van der Waals surface area contributed by atoms with Crippen molar-refractivity contribution < 1.29 is 28.4 Å². The molecule has 0 aliphatic carbocycles. The van der Waals surface area contributed by atoms with Crippen molar-refractivity contribution in [3.05, 3.63) is 59.2 Å². The zero-order valence-electron chi connectivity index (χ0n) is 18.7. The minimum Gasteiger partial charge on any atom is -0.493 e. The summed E-state index contributed by atoms with van der Waals surface area (Å²) in [5.74, 6) is 3.99. The van der Waals surface area contributed by atoms with Crippen LogP contribution in [0, 0.1) is 0 Å². The summed E-state index contributed by atoms with van der Waals surface area (Å²) in [6, 6.07) is 14.7. The Morgan fingerprint density at radius 2 is 1.24 bits per heavy atom. The van der Waals surface area contributed by atoms with E-state index in [1.54, 1.807) is 14.2 Å². The molecule has 0 radical (unpaired) electrons. The van der Waals surface area contributed by atoms with Gasteiger partial charge in [-0.1, -0.05) is 30.3 Å². The Kier molecular flexibility index (Phi) is 4.91. The molecule has 3 aliphatic rings. The van der Waals surface area contributed by atoms with Gasteiger partial charge in [-0.05, 0) is 35.2 Å². The Hall–Kier alpha value is -3.58. The van der Waals surface area contributed by atoms with Crippen molar-refractivity contribution in [2.24, 2.45) is 0 Å². The lowest BCUT2D eigenvalue weighted by molar-refractivity contribution is 0.170. The van der Waals surface area contributed by atoms with Crippen molar-refractivity contribution in [2.45, 2.75) is 19.5 Å². The number of benzene rings is 3. The van der Waals surface area contributed by atoms with Crippen molar-refractivity contribution in [3.8, 4) is 45.6 Å². The SMILES string of the molecule is COc1cc2c(c3c1OCO3)-c1c(cc(OC)c3c1OCO3)CN(CCc1ccccc1)C2. The van der Waals surface area contributed by atoms with Gasteiger partial charge in [0.1, 0.15) is 0 Å². The highest BCUT2D eigenvalue weighted by Crippen LogP contribution is 2.57. The van der Waals surface area contributed by atoms with E-state index < -0.39 is 0 Å². The van der Waals surface area contributed by atoms with Gasteiger partial charge in [-0.15, -0.1) is 0 Å². The molecule has 3 aromatic rings. The lowest BCUT2D eigenvalue weighted by Crippen LogP contribution is -2.24. The first-order valence-electron chi connectivity index (χ1n) is 11.0. The van der Waals surface area contributed by atoms with Gasteiger partial charge >= 0.3 is 0 Å². The number of rotatable bonds is 5. The molecule has 7 heteroatoms. The van der Waals surface area contributed by atoms with Gasteiger partial charge in [-0.2, -0.15) is 0 Å². The van der Waals surface area contributed by atoms with Crippen LogP contribution in [-0.2, 0) is 19.5 Å². The molecule has 0 saturated carbocycles. The average Bonchev–Trinajstić information content (AvgIpc) is 3.50. The Morgan fingerprint density at radius 3 is 1.76 bits per heavy atom. The van der Waals surface area contributed by atoms with Crippen molar-refractivity contribution in [2.75, 3.05) is 34.4 Å². The maximum absolute atomic E-state index is 5.98. The highest BCUT2D eigenvalue weighted by atomic mass is 16.7. The summed E-state index contributed by atoms with van der Waals surface area (Å²) in [5.41, 5.74) is 5.47. The fraction of sp³-hybridized carbons (Fsp3) is 0.308. The first-order chi connectivity index (χ1) is 16.3. The van der Waals surface area contributed by atoms with E-state index in [1.165, 1.54) is 5.56 Å². The van der Waals surface area contributed by atoms with Crippen LogP contribution in [0.5, 0.6) is 34.5 Å². The Morgan fingerprint density at radius 1 is 0.727 bits per heavy atom. The van der Waals surface area contributed by atoms with Crippen LogP contribution in [0.15, 0.2) is 42.5 Å². The third-order valence-electron chi connectivity index (χ3n) is 6.42. The zero-order valence-corrected chi connectivity index (χ0v) is 18.7. The minimum absolute atomic E-state index is 0.158. The van der Waals surface area contributed by atoms with Gasteiger partial charge in [-0.25, -0.2) is 0 Å². The second-order valence-corrected chi connectivity index (χ2v) is 8.30. The summed E-state index contributed by atoms with van der Waals surface area (Å²) < 4.78 is 34.8. The van der Waals surface area contributed by atoms with Gasteiger partial charge < -0.3 is 28.4 Å². The molecule has 3 heterocycles. The summed E-state index contributed by atoms with van der Waals surface area (Å²) >= 11 is 0. The number of hydrogen-bond donors (Lipinski definition) is 0. The van der Waals surface area contributed by atoms with Crippen LogP contribution in [0.2, 0.25) is 0 Å². The van der Waals surface area contributed by atoms with Gasteiger partial charge in [0.25, 0.3) is 0 Å². The van der Waals surface area contributed by atoms with Gasteiger partial charge in [-0.3, -0.25) is 4.90 Å². The van der Waals surface area contributed by atoms with Crippen LogP contribution in [0.1, 0.15) is 16.7 Å². The van der Waals surface area contributed by atoms with Crippen LogP contribution in [0.3, 0.4) is 0 Å². The summed E-state index contributed by atoms with van der Waals surface area (Å²) in [6.45, 7) is 2.69. The van der Waals surface area contributed by atoms with E-state index in [1.807, 2.05) is 6.07 Å². The molecule has 0 unspecified atom stereocenters. The van der Waals surface area contributed by atoms with Crippen LogP contribution in [0.4, 0.5) is 0 Å². The maximum atomic E-state index is 5.98. The molecule has 0 N–H and O–H groups in total. The third-order valence-corrected chi connectivity index (χ3v) is 6.42. The number of hydrogen-bond acceptors (Lipinski definition) is 7. The van der Waals surface area contributed by atoms with Crippen molar-refractivity contribution in [1.82, 2.24) is 4.90 Å². The Bertz CT molecular complexity index is 1140. The van der Waals surface area contributed by atoms with E-state index in [0.717, 1.165) is 48.3 Å². The molecule has 3 aliphatic heterocycles. The van der Waals surface area contributed by atoms with Crippen LogP contribution in [0.25, 0.3) is 11.1 Å². The average molecular weight is 447 g/mol. The highest BCUT2D eigenvalue weighted by Gasteiger charge is 2.36. The second kappa shape index (κ2) is 8.08. The fourth-order valence-electron chi connectivity index (χ4n) is 4.91. The normalized spacial score (nSPS) is 15.6. The monoisotopic (exact) mass is 447 g/mol. The summed E-state index contributed by atoms with van der Waals surface area (Å²) in [6.07, 6.45) is 0.953. The molecule has 170 valence electrons. The van der Waals surface area contributed by atoms with Gasteiger partial charge in [0.05, 0.1) is 14.2 Å². The number of fused-ring (bicyclic) bond motifs is 7. The molecule has 33 heavy (non-hydrogen) atoms.